The van der Waals surface area contributed by atoms with Crippen molar-refractivity contribution in [2.45, 2.75) is 17.7 Å². The Bertz CT molecular complexity index is 480. The number of aliphatic hydroxyl groups excluding tert-OH is 1. The number of rotatable bonds is 4. The Kier molecular flexibility index (Phi) is 4.18. The van der Waals surface area contributed by atoms with E-state index in [9.17, 15) is 21.6 Å². The summed E-state index contributed by atoms with van der Waals surface area (Å²) in [5, 5.41) is 10.3. The van der Waals surface area contributed by atoms with Gasteiger partial charge in [0.05, 0.1) is 11.5 Å². The third-order valence-electron chi connectivity index (χ3n) is 1.94. The quantitative estimate of drug-likeness (QED) is 0.912. The van der Waals surface area contributed by atoms with Crippen molar-refractivity contribution < 1.29 is 26.7 Å². The van der Waals surface area contributed by atoms with Crippen LogP contribution in [0.4, 0.5) is 13.2 Å². The summed E-state index contributed by atoms with van der Waals surface area (Å²) in [6.45, 7) is -2.08. The molecule has 0 radical (unpaired) electrons. The molecule has 1 N–H and O–H groups in total. The second-order valence-electron chi connectivity index (χ2n) is 3.24. The van der Waals surface area contributed by atoms with E-state index in [4.69, 9.17) is 5.11 Å². The van der Waals surface area contributed by atoms with Crippen molar-refractivity contribution in [1.82, 2.24) is 4.31 Å². The Morgan fingerprint density at radius 1 is 1.47 bits per heavy atom. The average Bonchev–Trinajstić information content (AvgIpc) is 2.62. The summed E-state index contributed by atoms with van der Waals surface area (Å²) in [5.41, 5.74) is 0. The molecule has 98 valence electrons. The summed E-state index contributed by atoms with van der Waals surface area (Å²) in [6, 6.07) is 1.18. The molecule has 9 heteroatoms. The molecule has 0 amide bonds. The molecule has 0 bridgehead atoms. The van der Waals surface area contributed by atoms with E-state index in [1.165, 1.54) is 11.4 Å². The van der Waals surface area contributed by atoms with Gasteiger partial charge in [0.2, 0.25) is 10.0 Å². The predicted molar refractivity (Wildman–Crippen MR) is 56.1 cm³/mol. The van der Waals surface area contributed by atoms with Crippen LogP contribution in [0.1, 0.15) is 4.88 Å². The molecule has 0 saturated heterocycles. The number of aliphatic hydroxyl groups is 1. The van der Waals surface area contributed by atoms with Crippen molar-refractivity contribution >= 4 is 21.4 Å². The van der Waals surface area contributed by atoms with E-state index in [1.807, 2.05) is 0 Å². The van der Waals surface area contributed by atoms with Crippen molar-refractivity contribution in [1.29, 1.82) is 0 Å². The maximum absolute atomic E-state index is 12.1. The van der Waals surface area contributed by atoms with Gasteiger partial charge in [-0.2, -0.15) is 17.5 Å². The van der Waals surface area contributed by atoms with Gasteiger partial charge in [0.25, 0.3) is 0 Å². The molecule has 0 aliphatic rings. The van der Waals surface area contributed by atoms with E-state index in [0.717, 1.165) is 18.4 Å². The topological polar surface area (TPSA) is 57.6 Å². The smallest absolute Gasteiger partial charge is 0.391 e. The number of thiophene rings is 1. The lowest BCUT2D eigenvalue weighted by Crippen LogP contribution is -2.36. The summed E-state index contributed by atoms with van der Waals surface area (Å²) < 4.78 is 60.1. The first-order chi connectivity index (χ1) is 7.68. The summed E-state index contributed by atoms with van der Waals surface area (Å²) in [6.07, 6.45) is -4.60. The third kappa shape index (κ3) is 3.41. The fourth-order valence-electron chi connectivity index (χ4n) is 1.18. The van der Waals surface area contributed by atoms with Gasteiger partial charge in [-0.15, -0.1) is 11.3 Å². The van der Waals surface area contributed by atoms with Crippen LogP contribution in [0.25, 0.3) is 0 Å². The Labute approximate surface area is 100 Å². The number of sulfonamides is 1. The Morgan fingerprint density at radius 2 is 2.06 bits per heavy atom. The maximum atomic E-state index is 12.1. The van der Waals surface area contributed by atoms with Crippen LogP contribution >= 0.6 is 11.3 Å². The molecular weight excluding hydrogens is 279 g/mol. The van der Waals surface area contributed by atoms with Gasteiger partial charge in [-0.25, -0.2) is 8.42 Å². The molecule has 0 spiro atoms. The minimum Gasteiger partial charge on any atom is -0.391 e. The molecule has 4 nitrogen and oxygen atoms in total. The molecule has 0 aromatic carbocycles. The summed E-state index contributed by atoms with van der Waals surface area (Å²) in [4.78, 5) is -0.157. The lowest BCUT2D eigenvalue weighted by atomic mass is 10.5. The number of halogens is 3. The lowest BCUT2D eigenvalue weighted by Gasteiger charge is -2.18. The normalized spacial score (nSPS) is 13.3. The van der Waals surface area contributed by atoms with Gasteiger partial charge in [0.1, 0.15) is 6.54 Å². The lowest BCUT2D eigenvalue weighted by molar-refractivity contribution is -0.134. The van der Waals surface area contributed by atoms with Gasteiger partial charge in [-0.1, -0.05) is 0 Å². The number of alkyl halides is 3. The molecule has 1 aromatic heterocycles. The van der Waals surface area contributed by atoms with E-state index in [-0.39, 0.29) is 14.1 Å². The zero-order valence-corrected chi connectivity index (χ0v) is 10.4. The highest BCUT2D eigenvalue weighted by Gasteiger charge is 2.35. The fraction of sp³-hybridized carbons (Fsp3) is 0.500. The van der Waals surface area contributed by atoms with Crippen molar-refractivity contribution in [2.24, 2.45) is 0 Å². The molecular formula is C8H10F3NO3S2. The van der Waals surface area contributed by atoms with Crippen LogP contribution < -0.4 is 0 Å². The zero-order chi connectivity index (χ0) is 13.3. The average molecular weight is 289 g/mol. The van der Waals surface area contributed by atoms with Gasteiger partial charge in [0.15, 0.2) is 0 Å². The SMILES string of the molecule is CN(CC(F)(F)F)S(=O)(=O)c1ccsc1CO. The Morgan fingerprint density at radius 3 is 2.53 bits per heavy atom. The molecule has 0 atom stereocenters. The molecule has 1 aromatic rings. The maximum Gasteiger partial charge on any atom is 0.402 e. The van der Waals surface area contributed by atoms with E-state index in [2.05, 4.69) is 0 Å². The van der Waals surface area contributed by atoms with Crippen LogP contribution in [0, 0.1) is 0 Å². The summed E-state index contributed by atoms with van der Waals surface area (Å²) in [5.74, 6) is 0. The highest BCUT2D eigenvalue weighted by molar-refractivity contribution is 7.89. The van der Waals surface area contributed by atoms with E-state index in [1.54, 1.807) is 0 Å². The first-order valence-corrected chi connectivity index (χ1v) is 6.71. The van der Waals surface area contributed by atoms with E-state index >= 15 is 0 Å². The molecule has 1 heterocycles. The van der Waals surface area contributed by atoms with Gasteiger partial charge in [-0.05, 0) is 11.4 Å². The molecule has 0 aliphatic heterocycles. The second-order valence-corrected chi connectivity index (χ2v) is 6.26. The first-order valence-electron chi connectivity index (χ1n) is 4.39. The third-order valence-corrected chi connectivity index (χ3v) is 4.86. The Balaban J connectivity index is 3.04. The van der Waals surface area contributed by atoms with Gasteiger partial charge < -0.3 is 5.11 Å². The molecule has 0 aliphatic carbocycles. The first kappa shape index (κ1) is 14.4. The number of nitrogens with zero attached hydrogens (tertiary/aromatic N) is 1. The van der Waals surface area contributed by atoms with Crippen molar-refractivity contribution in [3.05, 3.63) is 16.3 Å². The number of hydrogen-bond acceptors (Lipinski definition) is 4. The van der Waals surface area contributed by atoms with Crippen LogP contribution in [0.2, 0.25) is 0 Å². The highest BCUT2D eigenvalue weighted by atomic mass is 32.2. The van der Waals surface area contributed by atoms with Gasteiger partial charge in [0, 0.05) is 11.9 Å². The van der Waals surface area contributed by atoms with Crippen LogP contribution in [0.3, 0.4) is 0 Å². The monoisotopic (exact) mass is 289 g/mol. The zero-order valence-electron chi connectivity index (χ0n) is 8.73. The van der Waals surface area contributed by atoms with Crippen LogP contribution in [-0.2, 0) is 16.6 Å². The number of hydrogen-bond donors (Lipinski definition) is 1. The fourth-order valence-corrected chi connectivity index (χ4v) is 3.60. The Hall–Kier alpha value is -0.640. The standard InChI is InChI=1S/C8H10F3NO3S2/c1-12(5-8(9,10)11)17(14,15)7-2-3-16-6(7)4-13/h2-3,13H,4-5H2,1H3. The molecule has 0 unspecified atom stereocenters. The van der Waals surface area contributed by atoms with Crippen LogP contribution in [0.15, 0.2) is 16.3 Å². The molecule has 0 fully saturated rings. The minimum atomic E-state index is -4.60. The van der Waals surface area contributed by atoms with E-state index < -0.39 is 29.4 Å². The second kappa shape index (κ2) is 4.92. The molecule has 0 saturated carbocycles. The van der Waals surface area contributed by atoms with Crippen LogP contribution in [-0.4, -0.2) is 37.6 Å². The van der Waals surface area contributed by atoms with Gasteiger partial charge in [-0.3, -0.25) is 0 Å². The minimum absolute atomic E-state index is 0.124. The van der Waals surface area contributed by atoms with Crippen molar-refractivity contribution in [2.75, 3.05) is 13.6 Å². The summed E-state index contributed by atoms with van der Waals surface area (Å²) >= 11 is 0.975. The van der Waals surface area contributed by atoms with E-state index in [0.29, 0.717) is 0 Å². The van der Waals surface area contributed by atoms with Crippen LogP contribution in [0.5, 0.6) is 0 Å². The molecule has 17 heavy (non-hydrogen) atoms. The largest absolute Gasteiger partial charge is 0.402 e. The molecule has 1 rings (SSSR count). The van der Waals surface area contributed by atoms with Crippen molar-refractivity contribution in [3.63, 3.8) is 0 Å². The predicted octanol–water partition coefficient (Wildman–Crippen LogP) is 1.42. The summed E-state index contributed by atoms with van der Waals surface area (Å²) in [7, 11) is -3.36. The van der Waals surface area contributed by atoms with Gasteiger partial charge >= 0.3 is 6.18 Å². The highest BCUT2D eigenvalue weighted by Crippen LogP contribution is 2.26. The van der Waals surface area contributed by atoms with Crippen molar-refractivity contribution in [3.8, 4) is 0 Å².